The van der Waals surface area contributed by atoms with Crippen molar-refractivity contribution >= 4 is 16.1 Å². The minimum atomic E-state index is -3.41. The normalized spacial score (nSPS) is 15.1. The van der Waals surface area contributed by atoms with Gasteiger partial charge in [0.1, 0.15) is 6.29 Å². The second-order valence-electron chi connectivity index (χ2n) is 3.87. The van der Waals surface area contributed by atoms with Crippen molar-refractivity contribution in [1.82, 2.24) is 0 Å². The van der Waals surface area contributed by atoms with E-state index in [1.165, 1.54) is 12.1 Å². The van der Waals surface area contributed by atoms with Crippen LogP contribution in [0.3, 0.4) is 0 Å². The molecule has 0 saturated heterocycles. The lowest BCUT2D eigenvalue weighted by Crippen LogP contribution is -1.96. The molecule has 0 amide bonds. The maximum atomic E-state index is 12.2. The molecule has 0 aliphatic carbocycles. The van der Waals surface area contributed by atoms with Gasteiger partial charge in [-0.25, -0.2) is 8.42 Å². The Bertz CT molecular complexity index is 730. The van der Waals surface area contributed by atoms with Crippen LogP contribution in [0.5, 0.6) is 0 Å². The Labute approximate surface area is 98.6 Å². The molecule has 1 aliphatic rings. The fraction of sp³-hybridized carbons (Fsp3) is 0. The molecule has 4 heteroatoms. The predicted octanol–water partition coefficient (Wildman–Crippen LogP) is 2.31. The second kappa shape index (κ2) is 3.28. The van der Waals surface area contributed by atoms with Gasteiger partial charge in [-0.1, -0.05) is 24.3 Å². The Balaban J connectivity index is 2.45. The van der Waals surface area contributed by atoms with Crippen LogP contribution in [0, 0.1) is 0 Å². The topological polar surface area (TPSA) is 51.2 Å². The van der Waals surface area contributed by atoms with E-state index in [1.54, 1.807) is 30.3 Å². The van der Waals surface area contributed by atoms with Gasteiger partial charge < -0.3 is 0 Å². The number of fused-ring (bicyclic) bond motifs is 3. The minimum absolute atomic E-state index is 0.282. The lowest BCUT2D eigenvalue weighted by atomic mass is 10.0. The van der Waals surface area contributed by atoms with Crippen molar-refractivity contribution in [3.8, 4) is 11.1 Å². The molecular formula is C13H8O3S. The Morgan fingerprint density at radius 1 is 0.882 bits per heavy atom. The molecule has 0 fully saturated rings. The molecule has 0 atom stereocenters. The van der Waals surface area contributed by atoms with Gasteiger partial charge in [0.25, 0.3) is 0 Å². The molecule has 1 heterocycles. The smallest absolute Gasteiger partial charge is 0.207 e. The van der Waals surface area contributed by atoms with Crippen LogP contribution in [0.2, 0.25) is 0 Å². The number of benzene rings is 2. The van der Waals surface area contributed by atoms with Crippen LogP contribution in [0.1, 0.15) is 10.4 Å². The molecule has 0 radical (unpaired) electrons. The Hall–Kier alpha value is -1.94. The zero-order valence-corrected chi connectivity index (χ0v) is 9.57. The summed E-state index contributed by atoms with van der Waals surface area (Å²) in [6.45, 7) is 0. The summed E-state index contributed by atoms with van der Waals surface area (Å²) >= 11 is 0. The van der Waals surface area contributed by atoms with Gasteiger partial charge in [-0.3, -0.25) is 4.79 Å². The maximum absolute atomic E-state index is 12.2. The van der Waals surface area contributed by atoms with Crippen LogP contribution < -0.4 is 0 Å². The lowest BCUT2D eigenvalue weighted by Gasteiger charge is -1.98. The number of hydrogen-bond donors (Lipinski definition) is 0. The lowest BCUT2D eigenvalue weighted by molar-refractivity contribution is 0.112. The number of aldehydes is 1. The third-order valence-corrected chi connectivity index (χ3v) is 4.77. The van der Waals surface area contributed by atoms with E-state index in [1.807, 2.05) is 0 Å². The van der Waals surface area contributed by atoms with Crippen molar-refractivity contribution in [2.75, 3.05) is 0 Å². The molecule has 0 bridgehead atoms. The Morgan fingerprint density at radius 2 is 1.59 bits per heavy atom. The van der Waals surface area contributed by atoms with E-state index in [9.17, 15) is 13.2 Å². The third-order valence-electron chi connectivity index (χ3n) is 2.90. The number of hydrogen-bond acceptors (Lipinski definition) is 3. The molecule has 1 aliphatic heterocycles. The monoisotopic (exact) mass is 244 g/mol. The van der Waals surface area contributed by atoms with Crippen LogP contribution in [0.25, 0.3) is 11.1 Å². The summed E-state index contributed by atoms with van der Waals surface area (Å²) in [6.07, 6.45) is 0.716. The van der Waals surface area contributed by atoms with E-state index in [0.29, 0.717) is 27.9 Å². The third kappa shape index (κ3) is 1.27. The van der Waals surface area contributed by atoms with Crippen molar-refractivity contribution in [3.05, 3.63) is 48.0 Å². The first-order valence-corrected chi connectivity index (χ1v) is 6.56. The van der Waals surface area contributed by atoms with Gasteiger partial charge >= 0.3 is 0 Å². The highest BCUT2D eigenvalue weighted by atomic mass is 32.2. The minimum Gasteiger partial charge on any atom is -0.298 e. The van der Waals surface area contributed by atoms with Crippen LogP contribution >= 0.6 is 0 Å². The molecule has 0 N–H and O–H groups in total. The molecule has 3 nitrogen and oxygen atoms in total. The van der Waals surface area contributed by atoms with E-state index in [-0.39, 0.29) is 4.90 Å². The van der Waals surface area contributed by atoms with Gasteiger partial charge in [-0.05, 0) is 18.2 Å². The molecule has 2 aromatic rings. The van der Waals surface area contributed by atoms with E-state index in [2.05, 4.69) is 0 Å². The van der Waals surface area contributed by atoms with Crippen molar-refractivity contribution in [1.29, 1.82) is 0 Å². The van der Waals surface area contributed by atoms with Gasteiger partial charge in [0, 0.05) is 16.7 Å². The largest absolute Gasteiger partial charge is 0.298 e. The summed E-state index contributed by atoms with van der Waals surface area (Å²) in [4.78, 5) is 11.3. The molecule has 84 valence electrons. The average molecular weight is 244 g/mol. The second-order valence-corrected chi connectivity index (χ2v) is 5.76. The summed E-state index contributed by atoms with van der Waals surface area (Å²) in [6, 6.07) is 11.5. The summed E-state index contributed by atoms with van der Waals surface area (Å²) in [5, 5.41) is 0. The number of rotatable bonds is 1. The summed E-state index contributed by atoms with van der Waals surface area (Å²) in [5.74, 6) is 0. The van der Waals surface area contributed by atoms with Crippen molar-refractivity contribution in [2.24, 2.45) is 0 Å². The van der Waals surface area contributed by atoms with Crippen molar-refractivity contribution < 1.29 is 13.2 Å². The molecular weight excluding hydrogens is 236 g/mol. The quantitative estimate of drug-likeness (QED) is 0.617. The predicted molar refractivity (Wildman–Crippen MR) is 62.7 cm³/mol. The zero-order chi connectivity index (χ0) is 12.0. The molecule has 0 saturated carbocycles. The van der Waals surface area contributed by atoms with Gasteiger partial charge in [0.15, 0.2) is 0 Å². The molecule has 3 rings (SSSR count). The number of sulfone groups is 1. The highest BCUT2D eigenvalue weighted by Crippen LogP contribution is 2.42. The average Bonchev–Trinajstić information content (AvgIpc) is 2.59. The molecule has 2 aromatic carbocycles. The van der Waals surface area contributed by atoms with Gasteiger partial charge in [-0.15, -0.1) is 0 Å². The summed E-state index contributed by atoms with van der Waals surface area (Å²) in [5.41, 5.74) is 1.77. The van der Waals surface area contributed by atoms with Crippen LogP contribution in [0.4, 0.5) is 0 Å². The number of carbonyl (C=O) groups excluding carboxylic acids is 1. The molecule has 0 aromatic heterocycles. The maximum Gasteiger partial charge on any atom is 0.207 e. The standard InChI is InChI=1S/C13H8O3S/c14-8-9-5-6-13-11(7-9)10-3-1-2-4-12(10)17(13,15)16/h1-8H. The SMILES string of the molecule is O=Cc1ccc2c(c1)-c1ccccc1S2(=O)=O. The molecule has 17 heavy (non-hydrogen) atoms. The van der Waals surface area contributed by atoms with E-state index >= 15 is 0 Å². The molecule has 0 spiro atoms. The van der Waals surface area contributed by atoms with Gasteiger partial charge in [-0.2, -0.15) is 0 Å². The van der Waals surface area contributed by atoms with Crippen LogP contribution in [0.15, 0.2) is 52.3 Å². The van der Waals surface area contributed by atoms with E-state index in [0.717, 1.165) is 0 Å². The Morgan fingerprint density at radius 3 is 2.35 bits per heavy atom. The van der Waals surface area contributed by atoms with E-state index < -0.39 is 9.84 Å². The summed E-state index contributed by atoms with van der Waals surface area (Å²) < 4.78 is 24.4. The zero-order valence-electron chi connectivity index (χ0n) is 8.75. The first kappa shape index (κ1) is 10.2. The van der Waals surface area contributed by atoms with Crippen LogP contribution in [-0.2, 0) is 9.84 Å². The highest BCUT2D eigenvalue weighted by Gasteiger charge is 2.32. The van der Waals surface area contributed by atoms with Crippen LogP contribution in [-0.4, -0.2) is 14.7 Å². The highest BCUT2D eigenvalue weighted by molar-refractivity contribution is 7.92. The van der Waals surface area contributed by atoms with Crippen molar-refractivity contribution in [3.63, 3.8) is 0 Å². The summed E-state index contributed by atoms with van der Waals surface area (Å²) in [7, 11) is -3.41. The molecule has 0 unspecified atom stereocenters. The Kier molecular flexibility index (Phi) is 1.97. The van der Waals surface area contributed by atoms with E-state index in [4.69, 9.17) is 0 Å². The first-order valence-electron chi connectivity index (χ1n) is 5.08. The van der Waals surface area contributed by atoms with Gasteiger partial charge in [0.2, 0.25) is 9.84 Å². The fourth-order valence-electron chi connectivity index (χ4n) is 2.11. The first-order chi connectivity index (χ1) is 8.14. The number of carbonyl (C=O) groups is 1. The fourth-order valence-corrected chi connectivity index (χ4v) is 3.78. The van der Waals surface area contributed by atoms with Crippen molar-refractivity contribution in [2.45, 2.75) is 9.79 Å². The van der Waals surface area contributed by atoms with Gasteiger partial charge in [0.05, 0.1) is 9.79 Å².